The van der Waals surface area contributed by atoms with E-state index in [1.807, 2.05) is 12.1 Å². The summed E-state index contributed by atoms with van der Waals surface area (Å²) in [7, 11) is 0. The van der Waals surface area contributed by atoms with Crippen LogP contribution in [0.4, 0.5) is 10.1 Å². The van der Waals surface area contributed by atoms with Crippen molar-refractivity contribution in [2.24, 2.45) is 0 Å². The lowest BCUT2D eigenvalue weighted by molar-refractivity contribution is -0.111. The minimum absolute atomic E-state index is 0.0934. The van der Waals surface area contributed by atoms with Gasteiger partial charge in [-0.2, -0.15) is 0 Å². The van der Waals surface area contributed by atoms with Gasteiger partial charge in [0.15, 0.2) is 0 Å². The number of carbonyl (C=O) groups is 1. The molecule has 1 aromatic carbocycles. The molecule has 1 amide bonds. The maximum atomic E-state index is 12.9. The highest BCUT2D eigenvalue weighted by molar-refractivity contribution is 6.01. The Hall–Kier alpha value is -2.53. The highest BCUT2D eigenvalue weighted by atomic mass is 19.1. The van der Waals surface area contributed by atoms with Gasteiger partial charge < -0.3 is 10.4 Å². The third-order valence-electron chi connectivity index (χ3n) is 2.78. The first-order valence-corrected chi connectivity index (χ1v) is 6.47. The molecule has 0 aliphatic carbocycles. The van der Waals surface area contributed by atoms with E-state index in [1.165, 1.54) is 24.4 Å². The van der Waals surface area contributed by atoms with Crippen LogP contribution in [0.2, 0.25) is 0 Å². The number of aromatic nitrogens is 1. The van der Waals surface area contributed by atoms with Crippen molar-refractivity contribution >= 4 is 17.7 Å². The van der Waals surface area contributed by atoms with Gasteiger partial charge in [-0.05, 0) is 41.8 Å². The first kappa shape index (κ1) is 14.9. The normalized spacial score (nSPS) is 10.8. The molecule has 0 saturated heterocycles. The molecule has 2 rings (SSSR count). The molecule has 108 valence electrons. The van der Waals surface area contributed by atoms with E-state index >= 15 is 0 Å². The van der Waals surface area contributed by atoms with Crippen molar-refractivity contribution < 1.29 is 14.3 Å². The van der Waals surface area contributed by atoms with E-state index < -0.39 is 5.82 Å². The van der Waals surface area contributed by atoms with Crippen LogP contribution in [0, 0.1) is 5.82 Å². The van der Waals surface area contributed by atoms with E-state index in [1.54, 1.807) is 12.1 Å². The van der Waals surface area contributed by atoms with Gasteiger partial charge in [-0.25, -0.2) is 4.39 Å². The van der Waals surface area contributed by atoms with Gasteiger partial charge in [0, 0.05) is 24.6 Å². The quantitative estimate of drug-likeness (QED) is 0.830. The Morgan fingerprint density at radius 2 is 2.05 bits per heavy atom. The molecule has 0 atom stereocenters. The lowest BCUT2D eigenvalue weighted by atomic mass is 10.1. The highest BCUT2D eigenvalue weighted by Crippen LogP contribution is 2.10. The number of carbonyl (C=O) groups excluding carboxylic acids is 1. The number of hydrogen-bond donors (Lipinski definition) is 2. The van der Waals surface area contributed by atoms with Gasteiger partial charge in [-0.15, -0.1) is 0 Å². The molecular weight excluding hydrogens is 271 g/mol. The summed E-state index contributed by atoms with van der Waals surface area (Å²) in [6.07, 6.45) is 5.96. The number of nitrogens with zero attached hydrogens (tertiary/aromatic N) is 1. The largest absolute Gasteiger partial charge is 0.396 e. The number of amides is 1. The Bertz CT molecular complexity index is 639. The SMILES string of the molecule is O=C(/C=C/c1cncc(F)c1)Nc1ccc(CCO)cc1. The van der Waals surface area contributed by atoms with Crippen LogP contribution in [0.3, 0.4) is 0 Å². The van der Waals surface area contributed by atoms with Gasteiger partial charge in [0.25, 0.3) is 0 Å². The molecule has 1 aromatic heterocycles. The zero-order valence-corrected chi connectivity index (χ0v) is 11.3. The molecule has 1 heterocycles. The molecule has 0 unspecified atom stereocenters. The number of pyridine rings is 1. The Labute approximate surface area is 122 Å². The average molecular weight is 286 g/mol. The van der Waals surface area contributed by atoms with E-state index in [0.29, 0.717) is 17.7 Å². The van der Waals surface area contributed by atoms with Crippen molar-refractivity contribution in [3.8, 4) is 0 Å². The number of aliphatic hydroxyl groups excluding tert-OH is 1. The number of hydrogen-bond acceptors (Lipinski definition) is 3. The van der Waals surface area contributed by atoms with Crippen LogP contribution in [-0.4, -0.2) is 22.6 Å². The Balaban J connectivity index is 1.95. The summed E-state index contributed by atoms with van der Waals surface area (Å²) in [5.74, 6) is -0.758. The molecule has 2 N–H and O–H groups in total. The van der Waals surface area contributed by atoms with Gasteiger partial charge in [0.1, 0.15) is 5.82 Å². The smallest absolute Gasteiger partial charge is 0.248 e. The molecule has 0 aliphatic heterocycles. The summed E-state index contributed by atoms with van der Waals surface area (Å²) < 4.78 is 12.9. The van der Waals surface area contributed by atoms with Crippen molar-refractivity contribution in [2.45, 2.75) is 6.42 Å². The fraction of sp³-hybridized carbons (Fsp3) is 0.125. The van der Waals surface area contributed by atoms with Gasteiger partial charge in [-0.1, -0.05) is 12.1 Å². The maximum Gasteiger partial charge on any atom is 0.248 e. The lowest BCUT2D eigenvalue weighted by Crippen LogP contribution is -2.07. The number of aliphatic hydroxyl groups is 1. The minimum atomic E-state index is -0.447. The lowest BCUT2D eigenvalue weighted by Gasteiger charge is -2.03. The summed E-state index contributed by atoms with van der Waals surface area (Å²) in [4.78, 5) is 15.4. The van der Waals surface area contributed by atoms with Crippen LogP contribution in [0.25, 0.3) is 6.08 Å². The number of anilines is 1. The van der Waals surface area contributed by atoms with Crippen LogP contribution >= 0.6 is 0 Å². The monoisotopic (exact) mass is 286 g/mol. The van der Waals surface area contributed by atoms with E-state index in [-0.39, 0.29) is 12.5 Å². The second-order valence-corrected chi connectivity index (χ2v) is 4.43. The molecule has 4 nitrogen and oxygen atoms in total. The van der Waals surface area contributed by atoms with Crippen LogP contribution in [0.1, 0.15) is 11.1 Å². The molecule has 2 aromatic rings. The predicted molar refractivity (Wildman–Crippen MR) is 79.1 cm³/mol. The Kier molecular flexibility index (Phi) is 5.17. The number of nitrogens with one attached hydrogen (secondary N) is 1. The van der Waals surface area contributed by atoms with Gasteiger partial charge >= 0.3 is 0 Å². The van der Waals surface area contributed by atoms with E-state index in [2.05, 4.69) is 10.3 Å². The fourth-order valence-corrected chi connectivity index (χ4v) is 1.76. The van der Waals surface area contributed by atoms with Crippen molar-refractivity contribution in [3.63, 3.8) is 0 Å². The van der Waals surface area contributed by atoms with Crippen LogP contribution in [0.5, 0.6) is 0 Å². The molecule has 0 fully saturated rings. The first-order valence-electron chi connectivity index (χ1n) is 6.47. The predicted octanol–water partition coefficient (Wildman–Crippen LogP) is 2.41. The number of benzene rings is 1. The third-order valence-corrected chi connectivity index (χ3v) is 2.78. The topological polar surface area (TPSA) is 62.2 Å². The molecule has 0 bridgehead atoms. The van der Waals surface area contributed by atoms with Crippen LogP contribution in [0.15, 0.2) is 48.8 Å². The van der Waals surface area contributed by atoms with Crippen molar-refractivity contribution in [3.05, 3.63) is 65.7 Å². The third kappa shape index (κ3) is 4.81. The van der Waals surface area contributed by atoms with Crippen molar-refractivity contribution in [1.82, 2.24) is 4.98 Å². The fourth-order valence-electron chi connectivity index (χ4n) is 1.76. The molecule has 5 heteroatoms. The molecule has 0 saturated carbocycles. The zero-order valence-electron chi connectivity index (χ0n) is 11.3. The molecule has 21 heavy (non-hydrogen) atoms. The molecule has 0 aliphatic rings. The van der Waals surface area contributed by atoms with Gasteiger partial charge in [0.2, 0.25) is 5.91 Å². The van der Waals surface area contributed by atoms with E-state index in [4.69, 9.17) is 5.11 Å². The summed E-state index contributed by atoms with van der Waals surface area (Å²) >= 11 is 0. The Morgan fingerprint density at radius 3 is 2.71 bits per heavy atom. The van der Waals surface area contributed by atoms with Crippen molar-refractivity contribution in [2.75, 3.05) is 11.9 Å². The second-order valence-electron chi connectivity index (χ2n) is 4.43. The standard InChI is InChI=1S/C16H15FN2O2/c17-14-9-13(10-18-11-14)3-6-16(21)19-15-4-1-12(2-5-15)7-8-20/h1-6,9-11,20H,7-8H2,(H,19,21)/b6-3+. The molecule has 0 spiro atoms. The first-order chi connectivity index (χ1) is 10.2. The average Bonchev–Trinajstić information content (AvgIpc) is 2.48. The van der Waals surface area contributed by atoms with Gasteiger partial charge in [-0.3, -0.25) is 9.78 Å². The molecular formula is C16H15FN2O2. The summed E-state index contributed by atoms with van der Waals surface area (Å²) in [6.45, 7) is 0.0934. The Morgan fingerprint density at radius 1 is 1.29 bits per heavy atom. The number of halogens is 1. The van der Waals surface area contributed by atoms with Crippen molar-refractivity contribution in [1.29, 1.82) is 0 Å². The summed E-state index contributed by atoms with van der Waals surface area (Å²) in [6, 6.07) is 8.50. The minimum Gasteiger partial charge on any atom is -0.396 e. The second kappa shape index (κ2) is 7.31. The van der Waals surface area contributed by atoms with E-state index in [9.17, 15) is 9.18 Å². The van der Waals surface area contributed by atoms with Gasteiger partial charge in [0.05, 0.1) is 6.20 Å². The maximum absolute atomic E-state index is 12.9. The highest BCUT2D eigenvalue weighted by Gasteiger charge is 1.99. The number of rotatable bonds is 5. The molecule has 0 radical (unpaired) electrons. The van der Waals surface area contributed by atoms with E-state index in [0.717, 1.165) is 11.8 Å². The summed E-state index contributed by atoms with van der Waals surface area (Å²) in [5, 5.41) is 11.5. The van der Waals surface area contributed by atoms with Crippen LogP contribution < -0.4 is 5.32 Å². The van der Waals surface area contributed by atoms with Crippen LogP contribution in [-0.2, 0) is 11.2 Å². The zero-order chi connectivity index (χ0) is 15.1. The summed E-state index contributed by atoms with van der Waals surface area (Å²) in [5.41, 5.74) is 2.17.